The lowest BCUT2D eigenvalue weighted by Crippen LogP contribution is -2.37. The van der Waals surface area contributed by atoms with E-state index in [1.54, 1.807) is 16.8 Å². The largest absolute Gasteiger partial charge is 0.379 e. The Hall–Kier alpha value is -3.57. The Kier molecular flexibility index (Phi) is 9.13. The fraction of sp³-hybridized carbons (Fsp3) is 0.412. The maximum atomic E-state index is 14.8. The van der Waals surface area contributed by atoms with Crippen molar-refractivity contribution in [2.45, 2.75) is 45.4 Å². The normalized spacial score (nSPS) is 14.6. The molecule has 3 aromatic carbocycles. The predicted octanol–water partition coefficient (Wildman–Crippen LogP) is 6.14. The summed E-state index contributed by atoms with van der Waals surface area (Å²) in [5.41, 5.74) is 2.54. The topological polar surface area (TPSA) is 73.5 Å². The summed E-state index contributed by atoms with van der Waals surface area (Å²) in [6.07, 6.45) is 2.74. The van der Waals surface area contributed by atoms with Crippen molar-refractivity contribution in [3.63, 3.8) is 0 Å². The molecule has 44 heavy (non-hydrogen) atoms. The number of aromatic nitrogens is 3. The van der Waals surface area contributed by atoms with Crippen LogP contribution in [0.25, 0.3) is 32.6 Å². The van der Waals surface area contributed by atoms with Crippen molar-refractivity contribution >= 4 is 46.6 Å². The Morgan fingerprint density at radius 2 is 1.82 bits per heavy atom. The fourth-order valence-corrected chi connectivity index (χ4v) is 6.66. The van der Waals surface area contributed by atoms with E-state index in [-0.39, 0.29) is 18.1 Å². The monoisotopic (exact) mass is 615 g/mol. The highest BCUT2D eigenvalue weighted by molar-refractivity contribution is 6.76. The summed E-state index contributed by atoms with van der Waals surface area (Å²) in [5, 5.41) is 6.16. The molecule has 0 saturated carbocycles. The van der Waals surface area contributed by atoms with E-state index >= 15 is 0 Å². The number of hydrogen-bond acceptors (Lipinski definition) is 6. The van der Waals surface area contributed by atoms with Crippen molar-refractivity contribution in [1.82, 2.24) is 19.0 Å². The number of pyridine rings is 1. The molecular formula is C34H42FN5O3Si. The number of nitrogens with zero attached hydrogens (tertiary/aromatic N) is 4. The molecule has 5 aromatic rings. The van der Waals surface area contributed by atoms with Crippen molar-refractivity contribution in [2.75, 3.05) is 51.3 Å². The first kappa shape index (κ1) is 30.5. The minimum atomic E-state index is -1.26. The zero-order valence-corrected chi connectivity index (χ0v) is 26.9. The maximum Gasteiger partial charge on any atom is 0.261 e. The van der Waals surface area contributed by atoms with Crippen LogP contribution in [0, 0.1) is 5.82 Å². The third-order valence-electron chi connectivity index (χ3n) is 8.34. The third-order valence-corrected chi connectivity index (χ3v) is 10.0. The lowest BCUT2D eigenvalue weighted by molar-refractivity contribution is 0.0378. The average molecular weight is 616 g/mol. The Bertz CT molecular complexity index is 1810. The fourth-order valence-electron chi connectivity index (χ4n) is 5.90. The molecule has 0 aliphatic carbocycles. The van der Waals surface area contributed by atoms with E-state index in [9.17, 15) is 9.18 Å². The number of imidazole rings is 1. The number of anilines is 1. The molecule has 1 N–H and O–H groups in total. The summed E-state index contributed by atoms with van der Waals surface area (Å²) in [6, 6.07) is 17.9. The van der Waals surface area contributed by atoms with Crippen LogP contribution in [0.5, 0.6) is 0 Å². The summed E-state index contributed by atoms with van der Waals surface area (Å²) in [7, 11) is -1.26. The highest BCUT2D eigenvalue weighted by Gasteiger charge is 2.21. The van der Waals surface area contributed by atoms with E-state index in [1.807, 2.05) is 24.3 Å². The minimum Gasteiger partial charge on any atom is -0.379 e. The highest BCUT2D eigenvalue weighted by Crippen LogP contribution is 2.36. The number of morpholine rings is 1. The summed E-state index contributed by atoms with van der Waals surface area (Å²) in [4.78, 5) is 21.5. The SMILES string of the molecule is C[Si](C)(C)CCOCn1ccc2c3nc(NCCCN4CCOCC4)n(Cc4ccccc4)c3c3ccc(F)cc3c2c1=O. The molecule has 10 heteroatoms. The highest BCUT2D eigenvalue weighted by atomic mass is 28.3. The second-order valence-corrected chi connectivity index (χ2v) is 18.5. The van der Waals surface area contributed by atoms with Crippen molar-refractivity contribution in [2.24, 2.45) is 0 Å². The second-order valence-electron chi connectivity index (χ2n) is 12.9. The van der Waals surface area contributed by atoms with Crippen LogP contribution in [0.15, 0.2) is 65.6 Å². The van der Waals surface area contributed by atoms with Gasteiger partial charge in [0.1, 0.15) is 12.5 Å². The Morgan fingerprint density at radius 3 is 2.59 bits per heavy atom. The number of fused-ring (bicyclic) bond motifs is 6. The summed E-state index contributed by atoms with van der Waals surface area (Å²) < 4.78 is 29.9. The van der Waals surface area contributed by atoms with Crippen LogP contribution in [-0.4, -0.2) is 73.1 Å². The molecule has 3 heterocycles. The maximum absolute atomic E-state index is 14.8. The van der Waals surface area contributed by atoms with Gasteiger partial charge in [0.05, 0.1) is 36.2 Å². The van der Waals surface area contributed by atoms with E-state index in [0.717, 1.165) is 79.8 Å². The number of rotatable bonds is 12. The summed E-state index contributed by atoms with van der Waals surface area (Å²) in [6.45, 7) is 13.5. The molecular weight excluding hydrogens is 573 g/mol. The van der Waals surface area contributed by atoms with Gasteiger partial charge in [-0.2, -0.15) is 0 Å². The minimum absolute atomic E-state index is 0.159. The van der Waals surface area contributed by atoms with Gasteiger partial charge in [0.15, 0.2) is 0 Å². The summed E-state index contributed by atoms with van der Waals surface area (Å²) in [5.74, 6) is 0.359. The lowest BCUT2D eigenvalue weighted by Gasteiger charge is -2.26. The van der Waals surface area contributed by atoms with Gasteiger partial charge in [-0.1, -0.05) is 50.0 Å². The molecule has 0 amide bonds. The number of nitrogens with one attached hydrogen (secondary N) is 1. The Balaban J connectivity index is 1.42. The van der Waals surface area contributed by atoms with Gasteiger partial charge in [0, 0.05) is 56.7 Å². The average Bonchev–Trinajstić information content (AvgIpc) is 3.36. The van der Waals surface area contributed by atoms with Crippen molar-refractivity contribution in [3.8, 4) is 0 Å². The first-order valence-electron chi connectivity index (χ1n) is 15.6. The first-order chi connectivity index (χ1) is 21.3. The number of halogens is 1. The molecule has 1 fully saturated rings. The summed E-state index contributed by atoms with van der Waals surface area (Å²) >= 11 is 0. The van der Waals surface area contributed by atoms with Crippen LogP contribution < -0.4 is 10.9 Å². The van der Waals surface area contributed by atoms with E-state index < -0.39 is 8.07 Å². The molecule has 0 spiro atoms. The van der Waals surface area contributed by atoms with Crippen molar-refractivity contribution < 1.29 is 13.9 Å². The molecule has 1 aliphatic heterocycles. The third kappa shape index (κ3) is 6.73. The van der Waals surface area contributed by atoms with E-state index in [2.05, 4.69) is 46.6 Å². The van der Waals surface area contributed by atoms with Gasteiger partial charge >= 0.3 is 0 Å². The molecule has 0 unspecified atom stereocenters. The Morgan fingerprint density at radius 1 is 1.02 bits per heavy atom. The van der Waals surface area contributed by atoms with Gasteiger partial charge in [-0.15, -0.1) is 0 Å². The van der Waals surface area contributed by atoms with Gasteiger partial charge in [0.2, 0.25) is 5.95 Å². The van der Waals surface area contributed by atoms with Gasteiger partial charge in [-0.25, -0.2) is 9.37 Å². The standard InChI is InChI=1S/C34H42FN5O3Si/c1-44(2,3)21-20-43-24-39-15-12-28-30(33(39)41)29-22-26(35)10-11-27(29)32-31(28)37-34(40(32)23-25-8-5-4-6-9-25)36-13-7-14-38-16-18-42-19-17-38/h4-6,8-12,15,22H,7,13-14,16-21,23-24H2,1-3H3,(H,36,37). The van der Waals surface area contributed by atoms with E-state index in [4.69, 9.17) is 14.5 Å². The zero-order valence-electron chi connectivity index (χ0n) is 25.9. The molecule has 8 nitrogen and oxygen atoms in total. The van der Waals surface area contributed by atoms with Gasteiger partial charge in [-0.3, -0.25) is 14.3 Å². The molecule has 232 valence electrons. The molecule has 6 rings (SSSR count). The van der Waals surface area contributed by atoms with Gasteiger partial charge in [0.25, 0.3) is 5.56 Å². The predicted molar refractivity (Wildman–Crippen MR) is 179 cm³/mol. The van der Waals surface area contributed by atoms with Crippen molar-refractivity contribution in [3.05, 3.63) is 82.5 Å². The van der Waals surface area contributed by atoms with Crippen molar-refractivity contribution in [1.29, 1.82) is 0 Å². The molecule has 2 aromatic heterocycles. The molecule has 0 bridgehead atoms. The number of hydrogen-bond donors (Lipinski definition) is 1. The van der Waals surface area contributed by atoms with Crippen LogP contribution in [-0.2, 0) is 22.7 Å². The Labute approximate surface area is 258 Å². The molecule has 1 aliphatic rings. The van der Waals surface area contributed by atoms with Crippen LogP contribution in [0.4, 0.5) is 10.3 Å². The molecule has 0 radical (unpaired) electrons. The van der Waals surface area contributed by atoms with Gasteiger partial charge < -0.3 is 19.4 Å². The molecule has 0 atom stereocenters. The second kappa shape index (κ2) is 13.2. The number of benzene rings is 3. The van der Waals surface area contributed by atoms with Crippen LogP contribution in [0.2, 0.25) is 25.7 Å². The smallest absolute Gasteiger partial charge is 0.261 e. The zero-order chi connectivity index (χ0) is 30.7. The first-order valence-corrected chi connectivity index (χ1v) is 19.3. The van der Waals surface area contributed by atoms with Gasteiger partial charge in [-0.05, 0) is 48.8 Å². The molecule has 1 saturated heterocycles. The quantitative estimate of drug-likeness (QED) is 0.103. The van der Waals surface area contributed by atoms with E-state index in [0.29, 0.717) is 29.3 Å². The number of ether oxygens (including phenoxy) is 2. The van der Waals surface area contributed by atoms with Crippen LogP contribution in [0.1, 0.15) is 12.0 Å². The lowest BCUT2D eigenvalue weighted by atomic mass is 10.0. The van der Waals surface area contributed by atoms with Crippen LogP contribution in [0.3, 0.4) is 0 Å². The van der Waals surface area contributed by atoms with E-state index in [1.165, 1.54) is 12.1 Å². The van der Waals surface area contributed by atoms with Crippen LogP contribution >= 0.6 is 0 Å².